The average molecular weight is 566 g/mol. The lowest BCUT2D eigenvalue weighted by atomic mass is 9.77. The highest BCUT2D eigenvalue weighted by Crippen LogP contribution is 2.36. The van der Waals surface area contributed by atoms with Crippen LogP contribution >= 0.6 is 0 Å². The van der Waals surface area contributed by atoms with E-state index in [0.29, 0.717) is 30.8 Å². The fraction of sp³-hybridized carbons (Fsp3) is 0.371. The van der Waals surface area contributed by atoms with Gasteiger partial charge in [-0.1, -0.05) is 66.7 Å². The van der Waals surface area contributed by atoms with Crippen LogP contribution in [0.2, 0.25) is 0 Å². The van der Waals surface area contributed by atoms with Crippen LogP contribution in [0.5, 0.6) is 0 Å². The number of carbonyl (C=O) groups is 4. The molecule has 0 bridgehead atoms. The molecule has 0 radical (unpaired) electrons. The monoisotopic (exact) mass is 565 g/mol. The second kappa shape index (κ2) is 11.3. The van der Waals surface area contributed by atoms with Gasteiger partial charge in [-0.05, 0) is 69.9 Å². The van der Waals surface area contributed by atoms with Crippen LogP contribution in [0.25, 0.3) is 0 Å². The highest BCUT2D eigenvalue weighted by Gasteiger charge is 2.47. The third kappa shape index (κ3) is 5.18. The van der Waals surface area contributed by atoms with Gasteiger partial charge in [0.1, 0.15) is 0 Å². The number of fused-ring (bicyclic) bond motifs is 2. The first kappa shape index (κ1) is 29.4. The van der Waals surface area contributed by atoms with Gasteiger partial charge >= 0.3 is 0 Å². The first-order valence-electron chi connectivity index (χ1n) is 14.6. The minimum Gasteiger partial charge on any atom is -0.299 e. The molecule has 218 valence electrons. The normalized spacial score (nSPS) is 18.2. The molecule has 7 heteroatoms. The summed E-state index contributed by atoms with van der Waals surface area (Å²) in [6, 6.07) is 24.3. The highest BCUT2D eigenvalue weighted by molar-refractivity contribution is 6.13. The molecule has 1 unspecified atom stereocenters. The Hall–Kier alpha value is -4.10. The Balaban J connectivity index is 1.38. The van der Waals surface area contributed by atoms with E-state index in [-0.39, 0.29) is 30.2 Å². The standard InChI is InChI=1S/C35H39N3O4/c1-24(38-31(40)27-16-10-12-18-29(27)35(4,5)33(38)42)23-36(20-19-25-13-7-6-8-14-25)21-22-37-30(39)26-15-9-11-17-28(26)34(2,3)32(37)41/h6-18,24H,19-23H2,1-5H3. The number of hydrogen-bond donors (Lipinski definition) is 0. The molecule has 3 aromatic carbocycles. The van der Waals surface area contributed by atoms with Crippen LogP contribution in [0, 0.1) is 0 Å². The summed E-state index contributed by atoms with van der Waals surface area (Å²) in [4.78, 5) is 59.2. The Morgan fingerprint density at radius 1 is 0.667 bits per heavy atom. The average Bonchev–Trinajstić information content (AvgIpc) is 2.98. The zero-order valence-electron chi connectivity index (χ0n) is 25.1. The molecule has 5 rings (SSSR count). The minimum atomic E-state index is -0.834. The van der Waals surface area contributed by atoms with Crippen LogP contribution in [0.4, 0.5) is 0 Å². The zero-order chi connectivity index (χ0) is 30.2. The van der Waals surface area contributed by atoms with E-state index in [1.54, 1.807) is 12.1 Å². The third-order valence-corrected chi connectivity index (χ3v) is 8.82. The van der Waals surface area contributed by atoms with E-state index in [1.165, 1.54) is 9.80 Å². The molecular formula is C35H39N3O4. The summed E-state index contributed by atoms with van der Waals surface area (Å²) >= 11 is 0. The molecule has 3 aromatic rings. The summed E-state index contributed by atoms with van der Waals surface area (Å²) < 4.78 is 0. The Bertz CT molecular complexity index is 1530. The Morgan fingerprint density at radius 3 is 1.81 bits per heavy atom. The van der Waals surface area contributed by atoms with Gasteiger partial charge in [0.05, 0.1) is 10.8 Å². The SMILES string of the molecule is CC(CN(CCc1ccccc1)CCN1C(=O)c2ccccc2C(C)(C)C1=O)N1C(=O)c2ccccc2C(C)(C)C1=O. The topological polar surface area (TPSA) is 78.0 Å². The number of hydrogen-bond acceptors (Lipinski definition) is 5. The third-order valence-electron chi connectivity index (χ3n) is 8.82. The van der Waals surface area contributed by atoms with Crippen molar-refractivity contribution in [2.75, 3.05) is 26.2 Å². The summed E-state index contributed by atoms with van der Waals surface area (Å²) in [7, 11) is 0. The van der Waals surface area contributed by atoms with E-state index in [1.807, 2.05) is 89.2 Å². The molecule has 0 saturated heterocycles. The quantitative estimate of drug-likeness (QED) is 0.347. The fourth-order valence-electron chi connectivity index (χ4n) is 6.28. The summed E-state index contributed by atoms with van der Waals surface area (Å²) in [5.41, 5.74) is 2.10. The molecule has 7 nitrogen and oxygen atoms in total. The predicted octanol–water partition coefficient (Wildman–Crippen LogP) is 4.84. The van der Waals surface area contributed by atoms with Gasteiger partial charge in [0, 0.05) is 43.3 Å². The second-order valence-corrected chi connectivity index (χ2v) is 12.5. The maximum Gasteiger partial charge on any atom is 0.261 e. The van der Waals surface area contributed by atoms with Gasteiger partial charge in [0.2, 0.25) is 11.8 Å². The largest absolute Gasteiger partial charge is 0.299 e. The van der Waals surface area contributed by atoms with E-state index < -0.39 is 16.9 Å². The lowest BCUT2D eigenvalue weighted by molar-refractivity contribution is -0.136. The lowest BCUT2D eigenvalue weighted by Crippen LogP contribution is -2.58. The van der Waals surface area contributed by atoms with Crippen molar-refractivity contribution in [3.8, 4) is 0 Å². The predicted molar refractivity (Wildman–Crippen MR) is 162 cm³/mol. The molecule has 2 aliphatic rings. The second-order valence-electron chi connectivity index (χ2n) is 12.5. The fourth-order valence-corrected chi connectivity index (χ4v) is 6.28. The van der Waals surface area contributed by atoms with Crippen molar-refractivity contribution >= 4 is 23.6 Å². The van der Waals surface area contributed by atoms with E-state index in [4.69, 9.17) is 0 Å². The molecule has 0 aliphatic carbocycles. The Kier molecular flexibility index (Phi) is 7.90. The maximum atomic E-state index is 13.7. The van der Waals surface area contributed by atoms with Crippen molar-refractivity contribution in [1.29, 1.82) is 0 Å². The smallest absolute Gasteiger partial charge is 0.261 e. The van der Waals surface area contributed by atoms with E-state index in [0.717, 1.165) is 23.1 Å². The van der Waals surface area contributed by atoms with Crippen molar-refractivity contribution in [3.05, 3.63) is 107 Å². The molecule has 0 fully saturated rings. The molecule has 0 spiro atoms. The lowest BCUT2D eigenvalue weighted by Gasteiger charge is -2.42. The van der Waals surface area contributed by atoms with E-state index in [2.05, 4.69) is 17.0 Å². The maximum absolute atomic E-state index is 13.7. The Labute approximate surface area is 248 Å². The van der Waals surface area contributed by atoms with Crippen LogP contribution in [-0.4, -0.2) is 70.5 Å². The molecule has 0 N–H and O–H groups in total. The summed E-state index contributed by atoms with van der Waals surface area (Å²) in [6.45, 7) is 11.0. The van der Waals surface area contributed by atoms with Crippen LogP contribution < -0.4 is 0 Å². The van der Waals surface area contributed by atoms with Crippen molar-refractivity contribution in [1.82, 2.24) is 14.7 Å². The zero-order valence-corrected chi connectivity index (χ0v) is 25.1. The molecule has 2 aliphatic heterocycles. The first-order valence-corrected chi connectivity index (χ1v) is 14.6. The summed E-state index contributed by atoms with van der Waals surface area (Å²) in [5.74, 6) is -1.01. The van der Waals surface area contributed by atoms with Gasteiger partial charge in [-0.25, -0.2) is 0 Å². The van der Waals surface area contributed by atoms with Gasteiger partial charge in [-0.2, -0.15) is 0 Å². The summed E-state index contributed by atoms with van der Waals surface area (Å²) in [6.07, 6.45) is 0.750. The van der Waals surface area contributed by atoms with Crippen molar-refractivity contribution in [2.24, 2.45) is 0 Å². The van der Waals surface area contributed by atoms with Gasteiger partial charge in [0.25, 0.3) is 11.8 Å². The molecule has 0 aromatic heterocycles. The Morgan fingerprint density at radius 2 is 1.19 bits per heavy atom. The van der Waals surface area contributed by atoms with Gasteiger partial charge in [-0.3, -0.25) is 33.9 Å². The number of benzene rings is 3. The van der Waals surface area contributed by atoms with Crippen LogP contribution in [0.15, 0.2) is 78.9 Å². The number of nitrogens with zero attached hydrogens (tertiary/aromatic N) is 3. The summed E-state index contributed by atoms with van der Waals surface area (Å²) in [5, 5.41) is 0. The van der Waals surface area contributed by atoms with E-state index >= 15 is 0 Å². The van der Waals surface area contributed by atoms with Crippen molar-refractivity contribution < 1.29 is 19.2 Å². The van der Waals surface area contributed by atoms with E-state index in [9.17, 15) is 19.2 Å². The highest BCUT2D eigenvalue weighted by atomic mass is 16.2. The molecule has 4 amide bonds. The number of imide groups is 2. The van der Waals surface area contributed by atoms with Crippen LogP contribution in [0.3, 0.4) is 0 Å². The van der Waals surface area contributed by atoms with Crippen LogP contribution in [-0.2, 0) is 26.8 Å². The molecule has 42 heavy (non-hydrogen) atoms. The van der Waals surface area contributed by atoms with Gasteiger partial charge in [-0.15, -0.1) is 0 Å². The number of rotatable bonds is 9. The minimum absolute atomic E-state index is 0.215. The van der Waals surface area contributed by atoms with Gasteiger partial charge < -0.3 is 0 Å². The number of amides is 4. The van der Waals surface area contributed by atoms with Crippen molar-refractivity contribution in [3.63, 3.8) is 0 Å². The molecule has 0 saturated carbocycles. The van der Waals surface area contributed by atoms with Crippen molar-refractivity contribution in [2.45, 2.75) is 57.9 Å². The molecule has 1 atom stereocenters. The first-order chi connectivity index (χ1) is 19.9. The molecular weight excluding hydrogens is 526 g/mol. The molecule has 2 heterocycles. The van der Waals surface area contributed by atoms with Gasteiger partial charge in [0.15, 0.2) is 0 Å². The number of carbonyl (C=O) groups excluding carboxylic acids is 4. The van der Waals surface area contributed by atoms with Crippen LogP contribution in [0.1, 0.15) is 72.0 Å².